The Labute approximate surface area is 236 Å². The Morgan fingerprint density at radius 3 is 2.10 bits per heavy atom. The summed E-state index contributed by atoms with van der Waals surface area (Å²) < 4.78 is 66.0. The normalized spacial score (nSPS) is 19.3. The average Bonchev–Trinajstić information content (AvgIpc) is 3.64. The summed E-state index contributed by atoms with van der Waals surface area (Å²) in [6, 6.07) is 22.1. The SMILES string of the molecule is COc1ccc([C@H]2N(C(CN3CCCC3)=NS(=O)(=O)c3ccc(C)cc3)CCN2S(=O)(=O)c2ccccc2)cc1. The van der Waals surface area contributed by atoms with Crippen molar-refractivity contribution in [1.29, 1.82) is 0 Å². The van der Waals surface area contributed by atoms with Gasteiger partial charge in [0.05, 0.1) is 23.4 Å². The zero-order valence-electron chi connectivity index (χ0n) is 22.7. The predicted molar refractivity (Wildman–Crippen MR) is 154 cm³/mol. The molecule has 0 aromatic heterocycles. The van der Waals surface area contributed by atoms with Gasteiger partial charge in [0.25, 0.3) is 10.0 Å². The van der Waals surface area contributed by atoms with Gasteiger partial charge in [0.1, 0.15) is 17.8 Å². The molecule has 0 spiro atoms. The van der Waals surface area contributed by atoms with Gasteiger partial charge >= 0.3 is 0 Å². The van der Waals surface area contributed by atoms with Crippen LogP contribution in [0.4, 0.5) is 0 Å². The molecule has 11 heteroatoms. The molecular weight excluding hydrogens is 548 g/mol. The molecule has 3 aromatic carbocycles. The molecule has 3 aromatic rings. The molecule has 0 radical (unpaired) electrons. The van der Waals surface area contributed by atoms with E-state index in [0.717, 1.165) is 31.5 Å². The Bertz CT molecular complexity index is 1550. The van der Waals surface area contributed by atoms with Gasteiger partial charge in [-0.1, -0.05) is 48.0 Å². The van der Waals surface area contributed by atoms with Crippen LogP contribution in [0.5, 0.6) is 5.75 Å². The molecule has 2 aliphatic heterocycles. The number of likely N-dealkylation sites (tertiary alicyclic amines) is 1. The summed E-state index contributed by atoms with van der Waals surface area (Å²) in [6.45, 7) is 4.32. The predicted octanol–water partition coefficient (Wildman–Crippen LogP) is 3.89. The fourth-order valence-corrected chi connectivity index (χ4v) is 7.81. The minimum atomic E-state index is -4.05. The van der Waals surface area contributed by atoms with Crippen LogP contribution < -0.4 is 4.74 Å². The average molecular weight is 583 g/mol. The van der Waals surface area contributed by atoms with Gasteiger partial charge in [-0.15, -0.1) is 4.40 Å². The number of rotatable bonds is 8. The molecule has 9 nitrogen and oxygen atoms in total. The molecule has 40 heavy (non-hydrogen) atoms. The Balaban J connectivity index is 1.61. The fourth-order valence-electron chi connectivity index (χ4n) is 5.19. The van der Waals surface area contributed by atoms with Crippen molar-refractivity contribution in [2.45, 2.75) is 35.7 Å². The van der Waals surface area contributed by atoms with Crippen molar-refractivity contribution in [3.8, 4) is 5.75 Å². The number of ether oxygens (including phenoxy) is 1. The Morgan fingerprint density at radius 1 is 0.825 bits per heavy atom. The number of hydrogen-bond donors (Lipinski definition) is 0. The van der Waals surface area contributed by atoms with Gasteiger partial charge in [0, 0.05) is 13.1 Å². The third-order valence-electron chi connectivity index (χ3n) is 7.33. The molecular formula is C29H34N4O5S2. The van der Waals surface area contributed by atoms with Crippen LogP contribution in [0, 0.1) is 6.92 Å². The minimum Gasteiger partial charge on any atom is -0.497 e. The second kappa shape index (κ2) is 11.7. The largest absolute Gasteiger partial charge is 0.497 e. The van der Waals surface area contributed by atoms with Crippen LogP contribution in [0.25, 0.3) is 0 Å². The van der Waals surface area contributed by atoms with Crippen molar-refractivity contribution in [2.75, 3.05) is 39.8 Å². The van der Waals surface area contributed by atoms with E-state index in [1.165, 1.54) is 4.31 Å². The van der Waals surface area contributed by atoms with E-state index in [2.05, 4.69) is 9.30 Å². The number of methoxy groups -OCH3 is 1. The van der Waals surface area contributed by atoms with Crippen molar-refractivity contribution in [2.24, 2.45) is 4.40 Å². The molecule has 2 fully saturated rings. The Kier molecular flexibility index (Phi) is 8.27. The van der Waals surface area contributed by atoms with Gasteiger partial charge in [-0.05, 0) is 74.8 Å². The first-order chi connectivity index (χ1) is 19.2. The van der Waals surface area contributed by atoms with Gasteiger partial charge in [-0.2, -0.15) is 12.7 Å². The summed E-state index contributed by atoms with van der Waals surface area (Å²) in [5.41, 5.74) is 1.64. The fraction of sp³-hybridized carbons (Fsp3) is 0.345. The van der Waals surface area contributed by atoms with E-state index < -0.39 is 26.2 Å². The van der Waals surface area contributed by atoms with Crippen molar-refractivity contribution >= 4 is 25.9 Å². The van der Waals surface area contributed by atoms with Crippen LogP contribution in [0.15, 0.2) is 93.1 Å². The lowest BCUT2D eigenvalue weighted by Gasteiger charge is -2.33. The van der Waals surface area contributed by atoms with E-state index in [-0.39, 0.29) is 16.3 Å². The van der Waals surface area contributed by atoms with E-state index in [1.807, 2.05) is 24.0 Å². The van der Waals surface area contributed by atoms with Crippen LogP contribution in [-0.4, -0.2) is 76.6 Å². The second-order valence-corrected chi connectivity index (χ2v) is 13.5. The quantitative estimate of drug-likeness (QED) is 0.294. The summed E-state index contributed by atoms with van der Waals surface area (Å²) in [5.74, 6) is 0.965. The first kappa shape index (κ1) is 28.3. The molecule has 0 aliphatic carbocycles. The lowest BCUT2D eigenvalue weighted by atomic mass is 10.1. The first-order valence-corrected chi connectivity index (χ1v) is 16.2. The van der Waals surface area contributed by atoms with Crippen LogP contribution in [0.1, 0.15) is 30.1 Å². The third kappa shape index (κ3) is 5.92. The van der Waals surface area contributed by atoms with Crippen molar-refractivity contribution < 1.29 is 21.6 Å². The summed E-state index contributed by atoms with van der Waals surface area (Å²) in [7, 11) is -6.38. The molecule has 2 saturated heterocycles. The number of hydrogen-bond acceptors (Lipinski definition) is 6. The van der Waals surface area contributed by atoms with Crippen molar-refractivity contribution in [1.82, 2.24) is 14.1 Å². The van der Waals surface area contributed by atoms with Crippen LogP contribution in [0.3, 0.4) is 0 Å². The zero-order valence-corrected chi connectivity index (χ0v) is 24.3. The van der Waals surface area contributed by atoms with Crippen LogP contribution >= 0.6 is 0 Å². The van der Waals surface area contributed by atoms with E-state index in [9.17, 15) is 16.8 Å². The molecule has 212 valence electrons. The maximum atomic E-state index is 13.9. The molecule has 0 saturated carbocycles. The summed E-state index contributed by atoms with van der Waals surface area (Å²) in [4.78, 5) is 4.28. The lowest BCUT2D eigenvalue weighted by Crippen LogP contribution is -2.42. The van der Waals surface area contributed by atoms with Gasteiger partial charge < -0.3 is 9.64 Å². The number of aryl methyl sites for hydroxylation is 1. The van der Waals surface area contributed by atoms with E-state index in [4.69, 9.17) is 4.74 Å². The summed E-state index contributed by atoms with van der Waals surface area (Å²) in [6.07, 6.45) is 1.26. The maximum absolute atomic E-state index is 13.9. The van der Waals surface area contributed by atoms with Gasteiger partial charge in [0.15, 0.2) is 0 Å². The summed E-state index contributed by atoms with van der Waals surface area (Å²) in [5, 5.41) is 0. The molecule has 0 N–H and O–H groups in total. The highest BCUT2D eigenvalue weighted by Crippen LogP contribution is 2.36. The smallest absolute Gasteiger partial charge is 0.283 e. The van der Waals surface area contributed by atoms with Crippen LogP contribution in [-0.2, 0) is 20.0 Å². The first-order valence-electron chi connectivity index (χ1n) is 13.3. The molecule has 0 amide bonds. The lowest BCUT2D eigenvalue weighted by molar-refractivity contribution is 0.271. The molecule has 1 atom stereocenters. The molecule has 5 rings (SSSR count). The second-order valence-electron chi connectivity index (χ2n) is 10.0. The maximum Gasteiger partial charge on any atom is 0.283 e. The number of sulfonamides is 2. The van der Waals surface area contributed by atoms with Crippen molar-refractivity contribution in [3.05, 3.63) is 90.0 Å². The Morgan fingerprint density at radius 2 is 1.48 bits per heavy atom. The van der Waals surface area contributed by atoms with E-state index in [0.29, 0.717) is 30.2 Å². The highest BCUT2D eigenvalue weighted by Gasteiger charge is 2.43. The number of nitrogens with zero attached hydrogens (tertiary/aromatic N) is 4. The minimum absolute atomic E-state index is 0.103. The van der Waals surface area contributed by atoms with Gasteiger partial charge in [-0.25, -0.2) is 8.42 Å². The standard InChI is InChI=1S/C29H34N4O5S2/c1-23-10-16-26(17-11-23)39(34,35)30-28(22-31-18-6-7-19-31)32-20-21-33(40(36,37)27-8-4-3-5-9-27)29(32)24-12-14-25(38-2)15-13-24/h3-5,8-17,29H,6-7,18-22H2,1-2H3/t29-/m0/s1. The molecule has 0 bridgehead atoms. The topological polar surface area (TPSA) is 99.6 Å². The number of benzene rings is 3. The number of amidine groups is 1. The molecule has 2 aliphatic rings. The third-order valence-corrected chi connectivity index (χ3v) is 10.5. The molecule has 0 unspecified atom stereocenters. The highest BCUT2D eigenvalue weighted by atomic mass is 32.2. The van der Waals surface area contributed by atoms with Crippen molar-refractivity contribution in [3.63, 3.8) is 0 Å². The molecule has 2 heterocycles. The van der Waals surface area contributed by atoms with Gasteiger partial charge in [0.2, 0.25) is 10.0 Å². The highest BCUT2D eigenvalue weighted by molar-refractivity contribution is 7.90. The van der Waals surface area contributed by atoms with E-state index in [1.54, 1.807) is 73.8 Å². The zero-order chi connectivity index (χ0) is 28.3. The Hall–Kier alpha value is -3.25. The monoisotopic (exact) mass is 582 g/mol. The van der Waals surface area contributed by atoms with Gasteiger partial charge in [-0.3, -0.25) is 4.90 Å². The summed E-state index contributed by atoms with van der Waals surface area (Å²) >= 11 is 0. The van der Waals surface area contributed by atoms with Crippen LogP contribution in [0.2, 0.25) is 0 Å². The van der Waals surface area contributed by atoms with E-state index >= 15 is 0 Å².